The molecule has 3 nitrogen and oxygen atoms in total. The van der Waals surface area contributed by atoms with E-state index < -0.39 is 10.0 Å². The van der Waals surface area contributed by atoms with E-state index in [4.69, 9.17) is 0 Å². The lowest BCUT2D eigenvalue weighted by Crippen LogP contribution is -2.15. The number of aryl methyl sites for hydroxylation is 4. The molecule has 0 amide bonds. The van der Waals surface area contributed by atoms with Crippen molar-refractivity contribution < 1.29 is 8.42 Å². The van der Waals surface area contributed by atoms with Crippen molar-refractivity contribution in [1.82, 2.24) is 0 Å². The van der Waals surface area contributed by atoms with Crippen molar-refractivity contribution in [2.45, 2.75) is 30.6 Å². The number of anilines is 1. The van der Waals surface area contributed by atoms with E-state index in [2.05, 4.69) is 41.1 Å². The molecule has 0 atom stereocenters. The Labute approximate surface area is 154 Å². The summed E-state index contributed by atoms with van der Waals surface area (Å²) in [6.45, 7) is 0. The van der Waals surface area contributed by atoms with Gasteiger partial charge >= 0.3 is 0 Å². The van der Waals surface area contributed by atoms with E-state index in [9.17, 15) is 8.42 Å². The molecule has 4 bridgehead atoms. The van der Waals surface area contributed by atoms with Gasteiger partial charge in [0.25, 0.3) is 10.0 Å². The highest BCUT2D eigenvalue weighted by molar-refractivity contribution is 7.92. The fourth-order valence-electron chi connectivity index (χ4n) is 3.34. The number of nitrogens with one attached hydrogen (secondary N) is 1. The van der Waals surface area contributed by atoms with Crippen molar-refractivity contribution in [3.63, 3.8) is 0 Å². The Kier molecular flexibility index (Phi) is 4.51. The van der Waals surface area contributed by atoms with Gasteiger partial charge in [-0.2, -0.15) is 0 Å². The molecule has 3 aromatic carbocycles. The first-order valence-corrected chi connectivity index (χ1v) is 10.4. The summed E-state index contributed by atoms with van der Waals surface area (Å²) in [5, 5.41) is 0. The van der Waals surface area contributed by atoms with Gasteiger partial charge in [0.05, 0.1) is 10.6 Å². The fourth-order valence-corrected chi connectivity index (χ4v) is 4.45. The molecule has 26 heavy (non-hydrogen) atoms. The first-order valence-electron chi connectivity index (χ1n) is 8.88. The molecule has 4 aliphatic rings. The van der Waals surface area contributed by atoms with E-state index in [-0.39, 0.29) is 4.90 Å². The third-order valence-corrected chi connectivity index (χ3v) is 6.26. The topological polar surface area (TPSA) is 46.2 Å². The van der Waals surface area contributed by atoms with Crippen LogP contribution < -0.4 is 4.72 Å². The Morgan fingerprint density at radius 1 is 0.654 bits per heavy atom. The van der Waals surface area contributed by atoms with Gasteiger partial charge in [0.1, 0.15) is 0 Å². The fraction of sp³-hybridized carbons (Fsp3) is 0.182. The van der Waals surface area contributed by atoms with Crippen LogP contribution in [0.2, 0.25) is 0 Å². The monoisotopic (exact) mass is 363 g/mol. The van der Waals surface area contributed by atoms with E-state index in [0.29, 0.717) is 5.69 Å². The molecule has 0 fully saturated rings. The minimum absolute atomic E-state index is 0.285. The molecule has 0 heterocycles. The molecule has 3 aromatic rings. The second-order valence-electron chi connectivity index (χ2n) is 6.73. The van der Waals surface area contributed by atoms with Crippen LogP contribution in [0.25, 0.3) is 0 Å². The van der Waals surface area contributed by atoms with Gasteiger partial charge in [0.2, 0.25) is 0 Å². The van der Waals surface area contributed by atoms with Crippen LogP contribution in [0.1, 0.15) is 22.3 Å². The van der Waals surface area contributed by atoms with E-state index >= 15 is 0 Å². The standard InChI is InChI=1S/C22H21NO2S/c24-26(25,21-4-2-1-3-5-21)23-22-16-19-11-10-17-6-8-18(9-7-17)12-14-20(22)15-13-19/h1-9,13,15-16,23H,10-12,14H2. The van der Waals surface area contributed by atoms with Gasteiger partial charge in [-0.15, -0.1) is 0 Å². The van der Waals surface area contributed by atoms with Gasteiger partial charge in [-0.25, -0.2) is 8.42 Å². The van der Waals surface area contributed by atoms with Crippen LogP contribution in [0.5, 0.6) is 0 Å². The van der Waals surface area contributed by atoms with Crippen molar-refractivity contribution >= 4 is 15.7 Å². The van der Waals surface area contributed by atoms with E-state index in [0.717, 1.165) is 36.8 Å². The number of sulfonamides is 1. The van der Waals surface area contributed by atoms with Gasteiger partial charge in [0.15, 0.2) is 0 Å². The predicted octanol–water partition coefficient (Wildman–Crippen LogP) is 4.37. The minimum atomic E-state index is -3.58. The molecule has 4 aliphatic carbocycles. The molecular weight excluding hydrogens is 342 g/mol. The summed E-state index contributed by atoms with van der Waals surface area (Å²) in [6.07, 6.45) is 3.52. The smallest absolute Gasteiger partial charge is 0.261 e. The van der Waals surface area contributed by atoms with Crippen LogP contribution in [-0.2, 0) is 35.7 Å². The van der Waals surface area contributed by atoms with Gasteiger partial charge in [-0.1, -0.05) is 54.6 Å². The second kappa shape index (κ2) is 6.96. The highest BCUT2D eigenvalue weighted by Gasteiger charge is 2.16. The average molecular weight is 363 g/mol. The molecule has 1 N–H and O–H groups in total. The molecule has 132 valence electrons. The van der Waals surface area contributed by atoms with Crippen LogP contribution in [0.15, 0.2) is 77.7 Å². The molecule has 7 rings (SSSR count). The first kappa shape index (κ1) is 16.9. The first-order chi connectivity index (χ1) is 12.6. The highest BCUT2D eigenvalue weighted by atomic mass is 32.2. The maximum Gasteiger partial charge on any atom is 0.261 e. The van der Waals surface area contributed by atoms with Gasteiger partial charge in [-0.05, 0) is 66.1 Å². The maximum atomic E-state index is 12.7. The van der Waals surface area contributed by atoms with Crippen molar-refractivity contribution in [2.24, 2.45) is 0 Å². The zero-order valence-corrected chi connectivity index (χ0v) is 15.3. The lowest BCUT2D eigenvalue weighted by molar-refractivity contribution is 0.601. The Balaban J connectivity index is 1.69. The Morgan fingerprint density at radius 3 is 1.92 bits per heavy atom. The Bertz CT molecular complexity index is 1010. The molecule has 0 aromatic heterocycles. The Hall–Kier alpha value is -2.59. The highest BCUT2D eigenvalue weighted by Crippen LogP contribution is 2.25. The summed E-state index contributed by atoms with van der Waals surface area (Å²) < 4.78 is 28.3. The van der Waals surface area contributed by atoms with E-state index in [1.54, 1.807) is 24.3 Å². The second-order valence-corrected chi connectivity index (χ2v) is 8.41. The van der Waals surface area contributed by atoms with Crippen molar-refractivity contribution in [2.75, 3.05) is 4.72 Å². The quantitative estimate of drug-likeness (QED) is 0.751. The molecule has 4 heteroatoms. The van der Waals surface area contributed by atoms with E-state index in [1.165, 1.54) is 11.1 Å². The predicted molar refractivity (Wildman–Crippen MR) is 105 cm³/mol. The maximum absolute atomic E-state index is 12.7. The number of hydrogen-bond donors (Lipinski definition) is 1. The average Bonchev–Trinajstić information content (AvgIpc) is 2.65. The Morgan fingerprint density at radius 2 is 1.23 bits per heavy atom. The zero-order valence-electron chi connectivity index (χ0n) is 14.5. The number of hydrogen-bond acceptors (Lipinski definition) is 2. The minimum Gasteiger partial charge on any atom is -0.279 e. The van der Waals surface area contributed by atoms with Crippen molar-refractivity contribution in [3.8, 4) is 0 Å². The zero-order chi connectivity index (χ0) is 18.0. The summed E-state index contributed by atoms with van der Waals surface area (Å²) in [4.78, 5) is 0.285. The van der Waals surface area contributed by atoms with E-state index in [1.807, 2.05) is 12.1 Å². The number of rotatable bonds is 3. The summed E-state index contributed by atoms with van der Waals surface area (Å²) in [7, 11) is -3.58. The van der Waals surface area contributed by atoms with Gasteiger partial charge in [-0.3, -0.25) is 4.72 Å². The van der Waals surface area contributed by atoms with Crippen LogP contribution in [0, 0.1) is 0 Å². The summed E-state index contributed by atoms with van der Waals surface area (Å²) in [5.74, 6) is 0. The van der Waals surface area contributed by atoms with Crippen molar-refractivity contribution in [3.05, 3.63) is 95.1 Å². The van der Waals surface area contributed by atoms with Crippen LogP contribution >= 0.6 is 0 Å². The molecule has 0 saturated carbocycles. The third-order valence-electron chi connectivity index (χ3n) is 4.88. The summed E-state index contributed by atoms with van der Waals surface area (Å²) in [6, 6.07) is 23.4. The largest absolute Gasteiger partial charge is 0.279 e. The SMILES string of the molecule is O=S(=O)(Nc1cc2ccc1CCc1ccc(cc1)CC2)c1ccccc1. The lowest BCUT2D eigenvalue weighted by atomic mass is 9.96. The number of benzene rings is 3. The normalized spacial score (nSPS) is 13.8. The van der Waals surface area contributed by atoms with Crippen LogP contribution in [-0.4, -0.2) is 8.42 Å². The summed E-state index contributed by atoms with van der Waals surface area (Å²) >= 11 is 0. The lowest BCUT2D eigenvalue weighted by Gasteiger charge is -2.16. The van der Waals surface area contributed by atoms with Gasteiger partial charge < -0.3 is 0 Å². The molecular formula is C22H21NO2S. The summed E-state index contributed by atoms with van der Waals surface area (Å²) in [5.41, 5.74) is 5.45. The van der Waals surface area contributed by atoms with Crippen LogP contribution in [0.4, 0.5) is 5.69 Å². The van der Waals surface area contributed by atoms with Crippen molar-refractivity contribution in [1.29, 1.82) is 0 Å². The van der Waals surface area contributed by atoms with Crippen LogP contribution in [0.3, 0.4) is 0 Å². The molecule has 0 unspecified atom stereocenters. The molecule has 0 saturated heterocycles. The molecule has 0 aliphatic heterocycles. The van der Waals surface area contributed by atoms with Gasteiger partial charge in [0, 0.05) is 0 Å². The molecule has 0 spiro atoms. The third kappa shape index (κ3) is 3.65. The molecule has 0 radical (unpaired) electrons.